The van der Waals surface area contributed by atoms with E-state index in [1.165, 1.54) is 19.0 Å². The largest absolute Gasteiger partial charge is 0.495 e. The second kappa shape index (κ2) is 7.51. The molecule has 116 valence electrons. The van der Waals surface area contributed by atoms with Gasteiger partial charge in [0.15, 0.2) is 0 Å². The summed E-state index contributed by atoms with van der Waals surface area (Å²) in [7, 11) is 1.54. The van der Waals surface area contributed by atoms with Gasteiger partial charge in [-0.1, -0.05) is 18.9 Å². The number of hydrogen-bond acceptors (Lipinski definition) is 4. The highest BCUT2D eigenvalue weighted by Gasteiger charge is 2.16. The molecule has 1 saturated carbocycles. The van der Waals surface area contributed by atoms with Crippen molar-refractivity contribution in [1.29, 1.82) is 5.26 Å². The highest BCUT2D eigenvalue weighted by Crippen LogP contribution is 2.25. The van der Waals surface area contributed by atoms with Crippen molar-refractivity contribution in [3.8, 4) is 11.8 Å². The van der Waals surface area contributed by atoms with Crippen LogP contribution in [0.3, 0.4) is 0 Å². The molecule has 0 radical (unpaired) electrons. The Morgan fingerprint density at radius 3 is 2.77 bits per heavy atom. The van der Waals surface area contributed by atoms with Crippen molar-refractivity contribution in [2.24, 2.45) is 0 Å². The first kappa shape index (κ1) is 15.9. The van der Waals surface area contributed by atoms with Crippen molar-refractivity contribution >= 4 is 11.6 Å². The van der Waals surface area contributed by atoms with Gasteiger partial charge in [0, 0.05) is 12.2 Å². The Balaban J connectivity index is 2.07. The van der Waals surface area contributed by atoms with Gasteiger partial charge < -0.3 is 15.4 Å². The number of amides is 1. The molecule has 1 aliphatic carbocycles. The molecule has 5 heteroatoms. The summed E-state index contributed by atoms with van der Waals surface area (Å²) in [4.78, 5) is 12.2. The van der Waals surface area contributed by atoms with E-state index >= 15 is 0 Å². The van der Waals surface area contributed by atoms with Crippen LogP contribution >= 0.6 is 0 Å². The van der Waals surface area contributed by atoms with Crippen LogP contribution in [0.2, 0.25) is 0 Å². The number of hydrogen-bond donors (Lipinski definition) is 2. The van der Waals surface area contributed by atoms with Gasteiger partial charge in [0.1, 0.15) is 17.4 Å². The first-order valence-electron chi connectivity index (χ1n) is 7.46. The monoisotopic (exact) mass is 299 g/mol. The zero-order valence-electron chi connectivity index (χ0n) is 13.0. The van der Waals surface area contributed by atoms with E-state index in [1.807, 2.05) is 25.1 Å². The van der Waals surface area contributed by atoms with Crippen molar-refractivity contribution in [3.05, 3.63) is 35.5 Å². The molecule has 0 heterocycles. The number of aryl methyl sites for hydroxylation is 1. The molecule has 2 rings (SSSR count). The number of nitriles is 1. The number of nitrogens with one attached hydrogen (secondary N) is 2. The predicted molar refractivity (Wildman–Crippen MR) is 85.4 cm³/mol. The lowest BCUT2D eigenvalue weighted by Crippen LogP contribution is -2.23. The third-order valence-corrected chi connectivity index (χ3v) is 3.79. The SMILES string of the molecule is COc1ccc(C)cc1NC(=O)/C(C#N)=C\NC1CCCC1. The lowest BCUT2D eigenvalue weighted by molar-refractivity contribution is -0.112. The van der Waals surface area contributed by atoms with E-state index in [1.54, 1.807) is 13.2 Å². The highest BCUT2D eigenvalue weighted by atomic mass is 16.5. The Hall–Kier alpha value is -2.48. The second-order valence-electron chi connectivity index (χ2n) is 5.48. The Kier molecular flexibility index (Phi) is 5.42. The van der Waals surface area contributed by atoms with Gasteiger partial charge in [0.25, 0.3) is 5.91 Å². The lowest BCUT2D eigenvalue weighted by atomic mass is 10.2. The van der Waals surface area contributed by atoms with Gasteiger partial charge >= 0.3 is 0 Å². The second-order valence-corrected chi connectivity index (χ2v) is 5.48. The van der Waals surface area contributed by atoms with Gasteiger partial charge in [-0.05, 0) is 37.5 Å². The molecule has 0 aliphatic heterocycles. The van der Waals surface area contributed by atoms with Crippen molar-refractivity contribution < 1.29 is 9.53 Å². The van der Waals surface area contributed by atoms with E-state index in [2.05, 4.69) is 10.6 Å². The number of carbonyl (C=O) groups excluding carboxylic acids is 1. The Bertz CT molecular complexity index is 611. The van der Waals surface area contributed by atoms with E-state index in [0.29, 0.717) is 17.5 Å². The normalized spacial score (nSPS) is 15.2. The lowest BCUT2D eigenvalue weighted by Gasteiger charge is -2.12. The molecule has 1 aromatic carbocycles. The van der Waals surface area contributed by atoms with Gasteiger partial charge in [0.2, 0.25) is 0 Å². The van der Waals surface area contributed by atoms with Gasteiger partial charge in [-0.25, -0.2) is 0 Å². The molecule has 5 nitrogen and oxygen atoms in total. The maximum atomic E-state index is 12.2. The van der Waals surface area contributed by atoms with Gasteiger partial charge in [-0.15, -0.1) is 0 Å². The topological polar surface area (TPSA) is 74.1 Å². The van der Waals surface area contributed by atoms with Crippen LogP contribution in [-0.4, -0.2) is 19.1 Å². The summed E-state index contributed by atoms with van der Waals surface area (Å²) in [6, 6.07) is 7.81. The number of methoxy groups -OCH3 is 1. The minimum atomic E-state index is -0.433. The van der Waals surface area contributed by atoms with Gasteiger partial charge in [-0.2, -0.15) is 5.26 Å². The molecule has 1 aliphatic rings. The molecule has 2 N–H and O–H groups in total. The van der Waals surface area contributed by atoms with Crippen LogP contribution in [0.25, 0.3) is 0 Å². The van der Waals surface area contributed by atoms with Crippen LogP contribution in [0, 0.1) is 18.3 Å². The summed E-state index contributed by atoms with van der Waals surface area (Å²) in [5.41, 5.74) is 1.63. The molecule has 22 heavy (non-hydrogen) atoms. The number of benzene rings is 1. The predicted octanol–water partition coefficient (Wildman–Crippen LogP) is 2.88. The summed E-state index contributed by atoms with van der Waals surface area (Å²) in [6.45, 7) is 1.93. The molecule has 1 fully saturated rings. The summed E-state index contributed by atoms with van der Waals surface area (Å²) >= 11 is 0. The number of rotatable bonds is 5. The summed E-state index contributed by atoms with van der Waals surface area (Å²) in [6.07, 6.45) is 6.08. The van der Waals surface area contributed by atoms with E-state index in [-0.39, 0.29) is 5.57 Å². The molecule has 0 unspecified atom stereocenters. The van der Waals surface area contributed by atoms with Crippen molar-refractivity contribution in [1.82, 2.24) is 5.32 Å². The minimum Gasteiger partial charge on any atom is -0.495 e. The number of nitrogens with zero attached hydrogens (tertiary/aromatic N) is 1. The van der Waals surface area contributed by atoms with E-state index in [0.717, 1.165) is 18.4 Å². The Morgan fingerprint density at radius 1 is 1.41 bits per heavy atom. The zero-order chi connectivity index (χ0) is 15.9. The standard InChI is InChI=1S/C17H21N3O2/c1-12-7-8-16(22-2)15(9-12)20-17(21)13(10-18)11-19-14-5-3-4-6-14/h7-9,11,14,19H,3-6H2,1-2H3,(H,20,21)/b13-11-. The van der Waals surface area contributed by atoms with Crippen LogP contribution in [0.5, 0.6) is 5.75 Å². The summed E-state index contributed by atoms with van der Waals surface area (Å²) in [5, 5.41) is 15.1. The molecular formula is C17H21N3O2. The summed E-state index contributed by atoms with van der Waals surface area (Å²) < 4.78 is 5.22. The van der Waals surface area contributed by atoms with E-state index in [4.69, 9.17) is 4.74 Å². The van der Waals surface area contributed by atoms with E-state index < -0.39 is 5.91 Å². The summed E-state index contributed by atoms with van der Waals surface area (Å²) in [5.74, 6) is 0.136. The molecule has 0 spiro atoms. The number of ether oxygens (including phenoxy) is 1. The quantitative estimate of drug-likeness (QED) is 0.647. The van der Waals surface area contributed by atoms with Crippen LogP contribution in [-0.2, 0) is 4.79 Å². The first-order chi connectivity index (χ1) is 10.6. The van der Waals surface area contributed by atoms with Crippen molar-refractivity contribution in [2.75, 3.05) is 12.4 Å². The van der Waals surface area contributed by atoms with Gasteiger partial charge in [-0.3, -0.25) is 4.79 Å². The van der Waals surface area contributed by atoms with Crippen LogP contribution in [0.15, 0.2) is 30.0 Å². The maximum absolute atomic E-state index is 12.2. The average molecular weight is 299 g/mol. The average Bonchev–Trinajstić information content (AvgIpc) is 3.01. The fraction of sp³-hybridized carbons (Fsp3) is 0.412. The van der Waals surface area contributed by atoms with Crippen molar-refractivity contribution in [2.45, 2.75) is 38.6 Å². The highest BCUT2D eigenvalue weighted by molar-refractivity contribution is 6.07. The van der Waals surface area contributed by atoms with Crippen LogP contribution in [0.1, 0.15) is 31.2 Å². The van der Waals surface area contributed by atoms with Crippen LogP contribution < -0.4 is 15.4 Å². The zero-order valence-corrected chi connectivity index (χ0v) is 13.0. The van der Waals surface area contributed by atoms with Crippen LogP contribution in [0.4, 0.5) is 5.69 Å². The number of carbonyl (C=O) groups is 1. The third kappa shape index (κ3) is 4.01. The molecule has 0 saturated heterocycles. The van der Waals surface area contributed by atoms with E-state index in [9.17, 15) is 10.1 Å². The maximum Gasteiger partial charge on any atom is 0.267 e. The molecule has 0 bridgehead atoms. The molecular weight excluding hydrogens is 278 g/mol. The smallest absolute Gasteiger partial charge is 0.267 e. The minimum absolute atomic E-state index is 0.0652. The Morgan fingerprint density at radius 2 is 2.14 bits per heavy atom. The Labute approximate surface area is 131 Å². The van der Waals surface area contributed by atoms with Gasteiger partial charge in [0.05, 0.1) is 12.8 Å². The first-order valence-corrected chi connectivity index (χ1v) is 7.46. The number of anilines is 1. The molecule has 0 aromatic heterocycles. The van der Waals surface area contributed by atoms with Crippen molar-refractivity contribution in [3.63, 3.8) is 0 Å². The molecule has 1 aromatic rings. The fourth-order valence-corrected chi connectivity index (χ4v) is 2.55. The third-order valence-electron chi connectivity index (χ3n) is 3.79. The molecule has 1 amide bonds. The molecule has 0 atom stereocenters. The fourth-order valence-electron chi connectivity index (χ4n) is 2.55.